The molecule has 1 aliphatic heterocycles. The van der Waals surface area contributed by atoms with Gasteiger partial charge in [0.1, 0.15) is 0 Å². The van der Waals surface area contributed by atoms with Crippen molar-refractivity contribution in [2.75, 3.05) is 20.1 Å². The van der Waals surface area contributed by atoms with Crippen LogP contribution < -0.4 is 0 Å². The van der Waals surface area contributed by atoms with E-state index in [0.717, 1.165) is 12.3 Å². The first-order valence-corrected chi connectivity index (χ1v) is 5.25. The van der Waals surface area contributed by atoms with Gasteiger partial charge in [0.15, 0.2) is 0 Å². The molecule has 72 valence electrons. The number of nitrogens with zero attached hydrogens (tertiary/aromatic N) is 2. The normalized spacial score (nSPS) is 41.5. The third-order valence-electron chi connectivity index (χ3n) is 3.89. The van der Waals surface area contributed by atoms with E-state index in [9.17, 15) is 0 Å². The van der Waals surface area contributed by atoms with Crippen molar-refractivity contribution >= 4 is 0 Å². The first-order chi connectivity index (χ1) is 6.15. The minimum atomic E-state index is 0.0422. The van der Waals surface area contributed by atoms with Crippen LogP contribution in [0.1, 0.15) is 26.2 Å². The quantitative estimate of drug-likeness (QED) is 0.613. The molecule has 2 aliphatic rings. The molecule has 0 N–H and O–H groups in total. The zero-order valence-electron chi connectivity index (χ0n) is 8.58. The molecule has 0 radical (unpaired) electrons. The van der Waals surface area contributed by atoms with E-state index in [0.29, 0.717) is 5.92 Å². The summed E-state index contributed by atoms with van der Waals surface area (Å²) in [5.74, 6) is 1.55. The second-order valence-corrected chi connectivity index (χ2v) is 4.98. The van der Waals surface area contributed by atoms with Crippen LogP contribution in [-0.2, 0) is 0 Å². The van der Waals surface area contributed by atoms with Gasteiger partial charge >= 0.3 is 0 Å². The summed E-state index contributed by atoms with van der Waals surface area (Å²) in [5.41, 5.74) is 0.0422. The van der Waals surface area contributed by atoms with E-state index in [2.05, 4.69) is 24.9 Å². The molecule has 1 aliphatic carbocycles. The molecule has 2 heteroatoms. The monoisotopic (exact) mass is 178 g/mol. The summed E-state index contributed by atoms with van der Waals surface area (Å²) in [4.78, 5) is 2.39. The van der Waals surface area contributed by atoms with Crippen LogP contribution in [0.4, 0.5) is 0 Å². The zero-order valence-corrected chi connectivity index (χ0v) is 8.58. The lowest BCUT2D eigenvalue weighted by Crippen LogP contribution is -2.31. The maximum atomic E-state index is 8.96. The molecule has 0 amide bonds. The molecule has 2 atom stereocenters. The highest BCUT2D eigenvalue weighted by Gasteiger charge is 2.54. The molecule has 2 nitrogen and oxygen atoms in total. The van der Waals surface area contributed by atoms with Gasteiger partial charge in [0.05, 0.1) is 11.5 Å². The summed E-state index contributed by atoms with van der Waals surface area (Å²) in [6.45, 7) is 4.57. The fourth-order valence-corrected chi connectivity index (χ4v) is 2.64. The Morgan fingerprint density at radius 3 is 2.46 bits per heavy atom. The summed E-state index contributed by atoms with van der Waals surface area (Å²) in [5, 5.41) is 8.96. The molecule has 0 aromatic carbocycles. The van der Waals surface area contributed by atoms with Gasteiger partial charge in [-0.05, 0) is 58.2 Å². The highest BCUT2D eigenvalue weighted by atomic mass is 15.1. The Labute approximate surface area is 80.5 Å². The number of likely N-dealkylation sites (tertiary alicyclic amines) is 1. The number of piperidine rings is 1. The Hall–Kier alpha value is -0.550. The van der Waals surface area contributed by atoms with Gasteiger partial charge in [0.25, 0.3) is 0 Å². The van der Waals surface area contributed by atoms with Gasteiger partial charge in [-0.15, -0.1) is 0 Å². The van der Waals surface area contributed by atoms with Gasteiger partial charge < -0.3 is 4.90 Å². The summed E-state index contributed by atoms with van der Waals surface area (Å²) in [7, 11) is 2.19. The van der Waals surface area contributed by atoms with Crippen LogP contribution in [0.25, 0.3) is 0 Å². The minimum absolute atomic E-state index is 0.0422. The Balaban J connectivity index is 1.88. The van der Waals surface area contributed by atoms with Gasteiger partial charge in [0.2, 0.25) is 0 Å². The zero-order chi connectivity index (χ0) is 9.47. The van der Waals surface area contributed by atoms with Crippen molar-refractivity contribution in [3.8, 4) is 6.07 Å². The Kier molecular flexibility index (Phi) is 2.08. The van der Waals surface area contributed by atoms with Crippen LogP contribution in [0, 0.1) is 28.6 Å². The molecule has 2 rings (SSSR count). The van der Waals surface area contributed by atoms with Crippen molar-refractivity contribution in [1.82, 2.24) is 4.90 Å². The minimum Gasteiger partial charge on any atom is -0.306 e. The number of hydrogen-bond donors (Lipinski definition) is 0. The van der Waals surface area contributed by atoms with Gasteiger partial charge in [-0.3, -0.25) is 0 Å². The lowest BCUT2D eigenvalue weighted by atomic mass is 9.88. The second-order valence-electron chi connectivity index (χ2n) is 4.98. The third-order valence-corrected chi connectivity index (χ3v) is 3.89. The standard InChI is InChI=1S/C11H18N2/c1-11(8-12)7-10(11)9-3-5-13(2)6-4-9/h9-10H,3-7H2,1-2H3. The van der Waals surface area contributed by atoms with E-state index >= 15 is 0 Å². The Bertz CT molecular complexity index is 235. The number of rotatable bonds is 1. The van der Waals surface area contributed by atoms with Crippen molar-refractivity contribution in [2.24, 2.45) is 17.3 Å². The molecule has 0 aromatic heterocycles. The predicted octanol–water partition coefficient (Wildman–Crippen LogP) is 1.88. The van der Waals surface area contributed by atoms with Crippen molar-refractivity contribution in [3.05, 3.63) is 0 Å². The van der Waals surface area contributed by atoms with E-state index in [1.54, 1.807) is 0 Å². The molecular formula is C11H18N2. The lowest BCUT2D eigenvalue weighted by molar-refractivity contribution is 0.196. The highest BCUT2D eigenvalue weighted by Crippen LogP contribution is 2.57. The molecule has 1 heterocycles. The molecule has 13 heavy (non-hydrogen) atoms. The van der Waals surface area contributed by atoms with Gasteiger partial charge in [-0.1, -0.05) is 0 Å². The summed E-state index contributed by atoms with van der Waals surface area (Å²) in [6, 6.07) is 2.46. The fourth-order valence-electron chi connectivity index (χ4n) is 2.64. The molecule has 2 unspecified atom stereocenters. The van der Waals surface area contributed by atoms with E-state index in [1.165, 1.54) is 25.9 Å². The van der Waals surface area contributed by atoms with Crippen LogP contribution in [0.3, 0.4) is 0 Å². The van der Waals surface area contributed by atoms with Crippen molar-refractivity contribution < 1.29 is 0 Å². The Morgan fingerprint density at radius 1 is 1.38 bits per heavy atom. The molecule has 0 aromatic rings. The largest absolute Gasteiger partial charge is 0.306 e. The molecular weight excluding hydrogens is 160 g/mol. The van der Waals surface area contributed by atoms with E-state index in [-0.39, 0.29) is 5.41 Å². The lowest BCUT2D eigenvalue weighted by Gasteiger charge is -2.29. The Morgan fingerprint density at radius 2 is 2.00 bits per heavy atom. The molecule has 1 saturated carbocycles. The number of nitriles is 1. The van der Waals surface area contributed by atoms with Gasteiger partial charge in [-0.2, -0.15) is 5.26 Å². The molecule has 0 spiro atoms. The van der Waals surface area contributed by atoms with Crippen LogP contribution in [0.15, 0.2) is 0 Å². The van der Waals surface area contributed by atoms with Gasteiger partial charge in [-0.25, -0.2) is 0 Å². The maximum Gasteiger partial charge on any atom is 0.0689 e. The van der Waals surface area contributed by atoms with E-state index in [4.69, 9.17) is 5.26 Å². The predicted molar refractivity (Wildman–Crippen MR) is 52.0 cm³/mol. The van der Waals surface area contributed by atoms with Crippen molar-refractivity contribution in [3.63, 3.8) is 0 Å². The SMILES string of the molecule is CN1CCC(C2CC2(C)C#N)CC1. The van der Waals surface area contributed by atoms with Gasteiger partial charge in [0, 0.05) is 0 Å². The van der Waals surface area contributed by atoms with Crippen LogP contribution in [0.2, 0.25) is 0 Å². The highest BCUT2D eigenvalue weighted by molar-refractivity contribution is 5.15. The second kappa shape index (κ2) is 2.99. The average Bonchev–Trinajstić information content (AvgIpc) is 2.81. The van der Waals surface area contributed by atoms with E-state index < -0.39 is 0 Å². The van der Waals surface area contributed by atoms with Crippen molar-refractivity contribution in [1.29, 1.82) is 5.26 Å². The summed E-state index contributed by atoms with van der Waals surface area (Å²) in [6.07, 6.45) is 3.76. The van der Waals surface area contributed by atoms with Crippen molar-refractivity contribution in [2.45, 2.75) is 26.2 Å². The molecule has 0 bridgehead atoms. The van der Waals surface area contributed by atoms with Crippen LogP contribution in [-0.4, -0.2) is 25.0 Å². The van der Waals surface area contributed by atoms with E-state index in [1.807, 2.05) is 0 Å². The fraction of sp³-hybridized carbons (Fsp3) is 0.909. The molecule has 1 saturated heterocycles. The summed E-state index contributed by atoms with van der Waals surface area (Å²) < 4.78 is 0. The van der Waals surface area contributed by atoms with Crippen LogP contribution >= 0.6 is 0 Å². The third kappa shape index (κ3) is 1.58. The average molecular weight is 178 g/mol. The smallest absolute Gasteiger partial charge is 0.0689 e. The van der Waals surface area contributed by atoms with Crippen LogP contribution in [0.5, 0.6) is 0 Å². The first kappa shape index (κ1) is 9.02. The maximum absolute atomic E-state index is 8.96. The first-order valence-electron chi connectivity index (χ1n) is 5.25. The summed E-state index contributed by atoms with van der Waals surface area (Å²) >= 11 is 0. The topological polar surface area (TPSA) is 27.0 Å². The molecule has 2 fully saturated rings. The number of hydrogen-bond acceptors (Lipinski definition) is 2.